The van der Waals surface area contributed by atoms with Crippen LogP contribution in [0, 0.1) is 5.82 Å². The minimum Gasteiger partial charge on any atom is -0.488 e. The van der Waals surface area contributed by atoms with Crippen molar-refractivity contribution < 1.29 is 14.2 Å². The highest BCUT2D eigenvalue weighted by Crippen LogP contribution is 2.19. The van der Waals surface area contributed by atoms with Gasteiger partial charge in [-0.3, -0.25) is 0 Å². The molecule has 0 atom stereocenters. The molecule has 13 heavy (non-hydrogen) atoms. The Kier molecular flexibility index (Phi) is 3.67. The molecule has 1 aromatic rings. The third-order valence-corrected chi connectivity index (χ3v) is 1.61. The van der Waals surface area contributed by atoms with Gasteiger partial charge in [0, 0.05) is 12.1 Å². The summed E-state index contributed by atoms with van der Waals surface area (Å²) in [6, 6.07) is 4.77. The molecule has 3 N–H and O–H groups in total. The van der Waals surface area contributed by atoms with Crippen molar-refractivity contribution in [2.24, 2.45) is 5.73 Å². The van der Waals surface area contributed by atoms with E-state index in [0.29, 0.717) is 5.56 Å². The third kappa shape index (κ3) is 2.40. The van der Waals surface area contributed by atoms with Crippen LogP contribution in [0.3, 0.4) is 0 Å². The Balaban J connectivity index is 2.81. The zero-order chi connectivity index (χ0) is 9.68. The van der Waals surface area contributed by atoms with Gasteiger partial charge in [0.1, 0.15) is 6.61 Å². The van der Waals surface area contributed by atoms with Crippen LogP contribution in [0.15, 0.2) is 18.2 Å². The molecular formula is C9H12FNO2. The van der Waals surface area contributed by atoms with E-state index in [-0.39, 0.29) is 25.5 Å². The maximum Gasteiger partial charge on any atom is 0.169 e. The van der Waals surface area contributed by atoms with Gasteiger partial charge >= 0.3 is 0 Å². The van der Waals surface area contributed by atoms with E-state index in [1.807, 2.05) is 0 Å². The molecule has 0 amide bonds. The van der Waals surface area contributed by atoms with Crippen molar-refractivity contribution in [1.29, 1.82) is 0 Å². The first-order valence-corrected chi connectivity index (χ1v) is 4.00. The van der Waals surface area contributed by atoms with Crippen LogP contribution in [0.25, 0.3) is 0 Å². The van der Waals surface area contributed by atoms with E-state index < -0.39 is 5.82 Å². The fourth-order valence-corrected chi connectivity index (χ4v) is 0.981. The molecule has 0 aromatic heterocycles. The predicted octanol–water partition coefficient (Wildman–Crippen LogP) is 0.655. The van der Waals surface area contributed by atoms with E-state index >= 15 is 0 Å². The highest BCUT2D eigenvalue weighted by atomic mass is 19.1. The molecule has 0 radical (unpaired) electrons. The van der Waals surface area contributed by atoms with Gasteiger partial charge in [0.05, 0.1) is 6.61 Å². The second-order valence-electron chi connectivity index (χ2n) is 2.51. The number of rotatable bonds is 4. The van der Waals surface area contributed by atoms with Crippen molar-refractivity contribution in [1.82, 2.24) is 0 Å². The lowest BCUT2D eigenvalue weighted by atomic mass is 10.2. The molecule has 0 spiro atoms. The van der Waals surface area contributed by atoms with Crippen molar-refractivity contribution in [3.8, 4) is 5.75 Å². The first kappa shape index (κ1) is 9.95. The van der Waals surface area contributed by atoms with Crippen LogP contribution in [0.5, 0.6) is 5.75 Å². The van der Waals surface area contributed by atoms with Crippen LogP contribution in [0.1, 0.15) is 5.56 Å². The Morgan fingerprint density at radius 2 is 2.23 bits per heavy atom. The van der Waals surface area contributed by atoms with Crippen molar-refractivity contribution >= 4 is 0 Å². The molecule has 3 nitrogen and oxygen atoms in total. The highest BCUT2D eigenvalue weighted by Gasteiger charge is 2.06. The second-order valence-corrected chi connectivity index (χ2v) is 2.51. The lowest BCUT2D eigenvalue weighted by molar-refractivity contribution is 0.196. The third-order valence-electron chi connectivity index (χ3n) is 1.61. The van der Waals surface area contributed by atoms with Gasteiger partial charge in [-0.15, -0.1) is 0 Å². The van der Waals surface area contributed by atoms with E-state index in [1.165, 1.54) is 6.07 Å². The quantitative estimate of drug-likeness (QED) is 0.724. The number of nitrogens with two attached hydrogens (primary N) is 1. The first-order chi connectivity index (χ1) is 6.29. The fourth-order valence-electron chi connectivity index (χ4n) is 0.981. The SMILES string of the molecule is NCc1cccc(OCCO)c1F. The van der Waals surface area contributed by atoms with Crippen LogP contribution >= 0.6 is 0 Å². The zero-order valence-electron chi connectivity index (χ0n) is 7.16. The number of aliphatic hydroxyl groups is 1. The van der Waals surface area contributed by atoms with Crippen LogP contribution in [-0.4, -0.2) is 18.3 Å². The van der Waals surface area contributed by atoms with E-state index in [2.05, 4.69) is 0 Å². The fraction of sp³-hybridized carbons (Fsp3) is 0.333. The monoisotopic (exact) mass is 185 g/mol. The first-order valence-electron chi connectivity index (χ1n) is 4.00. The highest BCUT2D eigenvalue weighted by molar-refractivity contribution is 5.30. The van der Waals surface area contributed by atoms with Crippen molar-refractivity contribution in [3.63, 3.8) is 0 Å². The molecule has 0 aliphatic carbocycles. The average molecular weight is 185 g/mol. The van der Waals surface area contributed by atoms with Crippen LogP contribution in [0.4, 0.5) is 4.39 Å². The Morgan fingerprint density at radius 1 is 1.46 bits per heavy atom. The minimum absolute atomic E-state index is 0.0882. The summed E-state index contributed by atoms with van der Waals surface area (Å²) in [6.07, 6.45) is 0. The summed E-state index contributed by atoms with van der Waals surface area (Å²) < 4.78 is 18.3. The molecule has 1 aromatic carbocycles. The molecule has 0 fully saturated rings. The minimum atomic E-state index is -0.446. The van der Waals surface area contributed by atoms with E-state index in [0.717, 1.165) is 0 Å². The number of hydrogen-bond acceptors (Lipinski definition) is 3. The molecule has 0 unspecified atom stereocenters. The number of hydrogen-bond donors (Lipinski definition) is 2. The molecule has 0 aliphatic rings. The summed E-state index contributed by atoms with van der Waals surface area (Å²) >= 11 is 0. The maximum absolute atomic E-state index is 13.3. The largest absolute Gasteiger partial charge is 0.488 e. The maximum atomic E-state index is 13.3. The number of aliphatic hydroxyl groups excluding tert-OH is 1. The van der Waals surface area contributed by atoms with Gasteiger partial charge in [-0.05, 0) is 6.07 Å². The lowest BCUT2D eigenvalue weighted by Crippen LogP contribution is -2.06. The number of benzene rings is 1. The molecule has 0 bridgehead atoms. The van der Waals surface area contributed by atoms with Crippen LogP contribution in [0.2, 0.25) is 0 Å². The molecule has 0 aliphatic heterocycles. The topological polar surface area (TPSA) is 55.5 Å². The van der Waals surface area contributed by atoms with Crippen molar-refractivity contribution in [2.45, 2.75) is 6.54 Å². The van der Waals surface area contributed by atoms with Gasteiger partial charge in [-0.2, -0.15) is 0 Å². The van der Waals surface area contributed by atoms with Gasteiger partial charge in [0.2, 0.25) is 0 Å². The summed E-state index contributed by atoms with van der Waals surface area (Å²) in [5.41, 5.74) is 5.72. The van der Waals surface area contributed by atoms with Gasteiger partial charge in [-0.1, -0.05) is 12.1 Å². The summed E-state index contributed by atoms with van der Waals surface area (Å²) in [6.45, 7) is 0.0966. The number of ether oxygens (including phenoxy) is 1. The van der Waals surface area contributed by atoms with Gasteiger partial charge in [-0.25, -0.2) is 4.39 Å². The average Bonchev–Trinajstić information content (AvgIpc) is 2.16. The Labute approximate surface area is 75.9 Å². The standard InChI is InChI=1S/C9H12FNO2/c10-9-7(6-11)2-1-3-8(9)13-5-4-12/h1-3,12H,4-6,11H2. The number of halogens is 1. The molecule has 72 valence electrons. The van der Waals surface area contributed by atoms with Crippen LogP contribution in [-0.2, 0) is 6.54 Å². The van der Waals surface area contributed by atoms with Crippen molar-refractivity contribution in [2.75, 3.05) is 13.2 Å². The molecule has 0 heterocycles. The molecule has 0 saturated carbocycles. The smallest absolute Gasteiger partial charge is 0.169 e. The van der Waals surface area contributed by atoms with E-state index in [4.69, 9.17) is 15.6 Å². The second kappa shape index (κ2) is 4.79. The summed E-state index contributed by atoms with van der Waals surface area (Å²) in [7, 11) is 0. The van der Waals surface area contributed by atoms with Gasteiger partial charge in [0.25, 0.3) is 0 Å². The van der Waals surface area contributed by atoms with Gasteiger partial charge < -0.3 is 15.6 Å². The summed E-state index contributed by atoms with van der Waals surface area (Å²) in [4.78, 5) is 0. The summed E-state index contributed by atoms with van der Waals surface area (Å²) in [5, 5.41) is 8.47. The summed E-state index contributed by atoms with van der Waals surface area (Å²) in [5.74, 6) is -0.310. The Morgan fingerprint density at radius 3 is 2.85 bits per heavy atom. The molecule has 1 rings (SSSR count). The Hall–Kier alpha value is -1.13. The zero-order valence-corrected chi connectivity index (χ0v) is 7.16. The molecular weight excluding hydrogens is 173 g/mol. The predicted molar refractivity (Wildman–Crippen MR) is 46.9 cm³/mol. The molecule has 0 saturated heterocycles. The van der Waals surface area contributed by atoms with Crippen LogP contribution < -0.4 is 10.5 Å². The van der Waals surface area contributed by atoms with Crippen molar-refractivity contribution in [3.05, 3.63) is 29.6 Å². The van der Waals surface area contributed by atoms with Gasteiger partial charge in [0.15, 0.2) is 11.6 Å². The van der Waals surface area contributed by atoms with E-state index in [1.54, 1.807) is 12.1 Å². The normalized spacial score (nSPS) is 10.1. The molecule has 4 heteroatoms. The lowest BCUT2D eigenvalue weighted by Gasteiger charge is -2.07. The Bertz CT molecular complexity index is 278. The van der Waals surface area contributed by atoms with E-state index in [9.17, 15) is 4.39 Å².